The first kappa shape index (κ1) is 33.0. The van der Waals surface area contributed by atoms with Crippen molar-refractivity contribution in [2.24, 2.45) is 0 Å². The molecule has 7 nitrogen and oxygen atoms in total. The van der Waals surface area contributed by atoms with Crippen LogP contribution >= 0.6 is 0 Å². The Kier molecular flexibility index (Phi) is 21.9. The molecule has 202 valence electrons. The lowest BCUT2D eigenvalue weighted by molar-refractivity contribution is -0.521. The monoisotopic (exact) mass is 504 g/mol. The summed E-state index contributed by atoms with van der Waals surface area (Å²) in [5.74, 6) is 1.40. The van der Waals surface area contributed by atoms with E-state index in [1.165, 1.54) is 96.2 Å². The van der Waals surface area contributed by atoms with Gasteiger partial charge in [-0.1, -0.05) is 89.7 Å². The van der Waals surface area contributed by atoms with Gasteiger partial charge in [-0.2, -0.15) is 0 Å². The van der Waals surface area contributed by atoms with Crippen LogP contribution in [0.1, 0.15) is 111 Å². The van der Waals surface area contributed by atoms with Gasteiger partial charge >= 0.3 is 0 Å². The van der Waals surface area contributed by atoms with Gasteiger partial charge in [0, 0.05) is 0 Å². The predicted octanol–water partition coefficient (Wildman–Crippen LogP) is 5.25. The van der Waals surface area contributed by atoms with Crippen molar-refractivity contribution < 1.29 is 26.8 Å². The van der Waals surface area contributed by atoms with Crippen molar-refractivity contribution in [2.45, 2.75) is 111 Å². The normalized spacial score (nSPS) is 14.2. The van der Waals surface area contributed by atoms with Crippen LogP contribution in [0.5, 0.6) is 0 Å². The average molecular weight is 505 g/mol. The van der Waals surface area contributed by atoms with Crippen molar-refractivity contribution >= 4 is 16.2 Å². The molecule has 1 heterocycles. The van der Waals surface area contributed by atoms with Gasteiger partial charge < -0.3 is 9.66 Å². The smallest absolute Gasteiger partial charge is 0.251 e. The van der Waals surface area contributed by atoms with Crippen LogP contribution in [0, 0.1) is 0 Å². The number of nitrogens with zero attached hydrogens (tertiary/aromatic N) is 2. The van der Waals surface area contributed by atoms with Crippen molar-refractivity contribution in [1.29, 1.82) is 0 Å². The van der Waals surface area contributed by atoms with Crippen molar-refractivity contribution in [3.63, 3.8) is 0 Å². The third-order valence-corrected chi connectivity index (χ3v) is 6.60. The summed E-state index contributed by atoms with van der Waals surface area (Å²) in [4.78, 5) is 2.45. The second-order valence-corrected chi connectivity index (χ2v) is 9.93. The lowest BCUT2D eigenvalue weighted by Gasteiger charge is -2.09. The molecule has 8 heteroatoms. The van der Waals surface area contributed by atoms with E-state index in [4.69, 9.17) is 0 Å². The van der Waals surface area contributed by atoms with E-state index in [0.29, 0.717) is 0 Å². The highest BCUT2D eigenvalue weighted by atomic mass is 32.3. The maximum absolute atomic E-state index is 9.45. The maximum atomic E-state index is 9.45. The summed E-state index contributed by atoms with van der Waals surface area (Å²) >= 11 is 0. The molecule has 0 spiro atoms. The van der Waals surface area contributed by atoms with E-state index in [9.17, 15) is 18.1 Å². The van der Waals surface area contributed by atoms with Crippen molar-refractivity contribution in [3.8, 4) is 0 Å². The SMILES string of the molecule is CCCCCCCCCCCCCC/C=C/CC1=[N+](CCO)CCN1CC.CCOS(=O)(=O)[O-]. The van der Waals surface area contributed by atoms with Crippen LogP contribution in [0.3, 0.4) is 0 Å². The van der Waals surface area contributed by atoms with Crippen LogP contribution in [0.2, 0.25) is 0 Å². The zero-order valence-corrected chi connectivity index (χ0v) is 23.0. The standard InChI is InChI=1S/C24H47N2O.C2H6O4S/c1-3-5-6-7-8-9-10-11-12-13-14-15-16-17-18-19-24-25(4-2)20-21-26(24)22-23-27;1-2-6-7(3,4)5/h17-18,27H,3-16,19-23H2,1-2H3;2H2,1H3,(H,3,4,5)/q+1;/p-1/b18-17+;. The van der Waals surface area contributed by atoms with Gasteiger partial charge in [-0.25, -0.2) is 8.42 Å². The van der Waals surface area contributed by atoms with Crippen LogP contribution in [-0.2, 0) is 14.6 Å². The zero-order valence-electron chi connectivity index (χ0n) is 22.2. The van der Waals surface area contributed by atoms with Crippen molar-refractivity contribution in [2.75, 3.05) is 39.4 Å². The third-order valence-electron chi connectivity index (χ3n) is 6.08. The number of aliphatic hydroxyl groups is 1. The van der Waals surface area contributed by atoms with Gasteiger partial charge in [0.2, 0.25) is 10.4 Å². The Morgan fingerprint density at radius 2 is 1.50 bits per heavy atom. The van der Waals surface area contributed by atoms with Crippen LogP contribution in [-0.4, -0.2) is 72.8 Å². The van der Waals surface area contributed by atoms with Crippen LogP contribution in [0.4, 0.5) is 0 Å². The number of likely N-dealkylation sites (N-methyl/N-ethyl adjacent to an activating group) is 1. The first-order valence-electron chi connectivity index (χ1n) is 13.6. The Labute approximate surface area is 210 Å². The maximum Gasteiger partial charge on any atom is 0.251 e. The number of amidine groups is 1. The molecule has 0 saturated carbocycles. The van der Waals surface area contributed by atoms with Gasteiger partial charge in [-0.3, -0.25) is 13.7 Å². The first-order valence-corrected chi connectivity index (χ1v) is 14.9. The quantitative estimate of drug-likeness (QED) is 0.0801. The summed E-state index contributed by atoms with van der Waals surface area (Å²) in [6, 6.07) is 0. The number of unbranched alkanes of at least 4 members (excludes halogenated alkanes) is 12. The molecule has 1 rings (SSSR count). The molecular formula is C26H52N2O5S. The summed E-state index contributed by atoms with van der Waals surface area (Å²) in [5, 5.41) is 9.22. The number of hydrogen-bond donors (Lipinski definition) is 1. The lowest BCUT2D eigenvalue weighted by Crippen LogP contribution is -2.29. The molecule has 1 N–H and O–H groups in total. The number of β-amino-alcohol motifs (C(OH)–C–C–N with tert-alkyl or cyclic N) is 1. The van der Waals surface area contributed by atoms with E-state index in [1.807, 2.05) is 0 Å². The van der Waals surface area contributed by atoms with Gasteiger partial charge in [0.05, 0.1) is 26.2 Å². The molecule has 0 saturated heterocycles. The molecule has 0 amide bonds. The van der Waals surface area contributed by atoms with E-state index < -0.39 is 10.4 Å². The topological polar surface area (TPSA) is 92.9 Å². The minimum atomic E-state index is -4.42. The summed E-state index contributed by atoms with van der Waals surface area (Å²) in [6.07, 6.45) is 24.0. The van der Waals surface area contributed by atoms with Gasteiger partial charge in [0.25, 0.3) is 5.84 Å². The molecule has 0 radical (unpaired) electrons. The Bertz CT molecular complexity index is 635. The zero-order chi connectivity index (χ0) is 25.5. The molecule has 1 aliphatic rings. The fourth-order valence-electron chi connectivity index (χ4n) is 4.21. The largest absolute Gasteiger partial charge is 0.726 e. The molecular weight excluding hydrogens is 452 g/mol. The Morgan fingerprint density at radius 1 is 0.941 bits per heavy atom. The van der Waals surface area contributed by atoms with Crippen LogP contribution in [0.15, 0.2) is 12.2 Å². The molecule has 0 aromatic rings. The lowest BCUT2D eigenvalue weighted by atomic mass is 10.0. The predicted molar refractivity (Wildman–Crippen MR) is 140 cm³/mol. The summed E-state index contributed by atoms with van der Waals surface area (Å²) in [6.45, 7) is 10.1. The Hall–Kier alpha value is -0.960. The summed E-state index contributed by atoms with van der Waals surface area (Å²) in [5.41, 5.74) is 0. The molecule has 0 aromatic carbocycles. The minimum Gasteiger partial charge on any atom is -0.726 e. The molecule has 0 aliphatic carbocycles. The fraction of sp³-hybridized carbons (Fsp3) is 0.885. The first-order chi connectivity index (χ1) is 16.4. The number of rotatable bonds is 20. The minimum absolute atomic E-state index is 0.0914. The Balaban J connectivity index is 0.00000135. The van der Waals surface area contributed by atoms with Gasteiger partial charge in [0.15, 0.2) is 0 Å². The number of allylic oxidation sites excluding steroid dienone is 1. The van der Waals surface area contributed by atoms with E-state index >= 15 is 0 Å². The third kappa shape index (κ3) is 19.4. The van der Waals surface area contributed by atoms with Crippen LogP contribution < -0.4 is 0 Å². The van der Waals surface area contributed by atoms with Crippen LogP contribution in [0.25, 0.3) is 0 Å². The molecule has 0 aromatic heterocycles. The van der Waals surface area contributed by atoms with Gasteiger partial charge in [-0.15, -0.1) is 0 Å². The van der Waals surface area contributed by atoms with E-state index in [1.54, 1.807) is 0 Å². The Morgan fingerprint density at radius 3 is 1.94 bits per heavy atom. The average Bonchev–Trinajstić information content (AvgIpc) is 3.18. The fourth-order valence-corrected chi connectivity index (χ4v) is 4.50. The second kappa shape index (κ2) is 22.5. The second-order valence-electron chi connectivity index (χ2n) is 8.87. The molecule has 1 aliphatic heterocycles. The van der Waals surface area contributed by atoms with Gasteiger partial charge in [-0.05, 0) is 26.7 Å². The number of hydrogen-bond acceptors (Lipinski definition) is 6. The summed E-state index contributed by atoms with van der Waals surface area (Å²) in [7, 11) is -4.42. The van der Waals surface area contributed by atoms with Crippen molar-refractivity contribution in [3.05, 3.63) is 12.2 Å². The highest BCUT2D eigenvalue weighted by Gasteiger charge is 2.27. The highest BCUT2D eigenvalue weighted by molar-refractivity contribution is 7.80. The molecule has 0 atom stereocenters. The molecule has 0 bridgehead atoms. The van der Waals surface area contributed by atoms with Gasteiger partial charge in [0.1, 0.15) is 19.6 Å². The van der Waals surface area contributed by atoms with Crippen molar-refractivity contribution in [1.82, 2.24) is 4.90 Å². The summed E-state index contributed by atoms with van der Waals surface area (Å²) < 4.78 is 34.4. The van der Waals surface area contributed by atoms with E-state index in [-0.39, 0.29) is 13.2 Å². The highest BCUT2D eigenvalue weighted by Crippen LogP contribution is 2.13. The number of aliphatic hydroxyl groups excluding tert-OH is 1. The van der Waals surface area contributed by atoms with E-state index in [2.05, 4.69) is 39.7 Å². The molecule has 0 fully saturated rings. The van der Waals surface area contributed by atoms with E-state index in [0.717, 1.165) is 32.6 Å². The molecule has 0 unspecified atom stereocenters. The molecule has 34 heavy (non-hydrogen) atoms.